The summed E-state index contributed by atoms with van der Waals surface area (Å²) in [5.41, 5.74) is 0.209. The van der Waals surface area contributed by atoms with Crippen LogP contribution in [0.25, 0.3) is 0 Å². The first-order valence-electron chi connectivity index (χ1n) is 9.09. The molecule has 0 N–H and O–H groups in total. The van der Waals surface area contributed by atoms with Crippen LogP contribution in [-0.4, -0.2) is 61.1 Å². The normalized spacial score (nSPS) is 31.0. The first-order valence-corrected chi connectivity index (χ1v) is 9.09. The van der Waals surface area contributed by atoms with E-state index < -0.39 is 5.82 Å². The van der Waals surface area contributed by atoms with Gasteiger partial charge in [0.05, 0.1) is 18.8 Å². The molecule has 2 atom stereocenters. The van der Waals surface area contributed by atoms with E-state index in [1.165, 1.54) is 25.3 Å². The van der Waals surface area contributed by atoms with E-state index in [4.69, 9.17) is 4.74 Å². The highest BCUT2D eigenvalue weighted by Gasteiger charge is 2.44. The molecule has 1 saturated carbocycles. The highest BCUT2D eigenvalue weighted by molar-refractivity contribution is 5.94. The van der Waals surface area contributed by atoms with E-state index in [1.54, 1.807) is 18.2 Å². The summed E-state index contributed by atoms with van der Waals surface area (Å²) in [7, 11) is 0. The molecule has 2 saturated heterocycles. The van der Waals surface area contributed by atoms with Crippen LogP contribution in [-0.2, 0) is 4.74 Å². The molecular weight excluding hydrogens is 307 g/mol. The zero-order valence-corrected chi connectivity index (χ0v) is 14.0. The number of ether oxygens (including phenoxy) is 1. The van der Waals surface area contributed by atoms with E-state index in [2.05, 4.69) is 4.90 Å². The average Bonchev–Trinajstić information content (AvgIpc) is 2.61. The summed E-state index contributed by atoms with van der Waals surface area (Å²) in [6.45, 7) is 5.14. The Labute approximate surface area is 142 Å². The van der Waals surface area contributed by atoms with Gasteiger partial charge in [-0.05, 0) is 36.8 Å². The van der Waals surface area contributed by atoms with Gasteiger partial charge in [-0.2, -0.15) is 0 Å². The Balaban J connectivity index is 1.51. The SMILES string of the molecule is O=C(c1ccccc1F)N1C[C@@H]2CCC[C@@H](C1)C2N1CCOCC1. The third kappa shape index (κ3) is 2.95. The molecule has 1 amide bonds. The first-order chi connectivity index (χ1) is 11.7. The highest BCUT2D eigenvalue weighted by Crippen LogP contribution is 2.38. The number of benzene rings is 1. The van der Waals surface area contributed by atoms with Crippen molar-refractivity contribution in [1.82, 2.24) is 9.80 Å². The number of nitrogens with zero attached hydrogens (tertiary/aromatic N) is 2. The molecule has 1 aliphatic carbocycles. The molecule has 4 rings (SSSR count). The molecule has 3 fully saturated rings. The third-order valence-corrected chi connectivity index (χ3v) is 5.88. The highest BCUT2D eigenvalue weighted by atomic mass is 19.1. The smallest absolute Gasteiger partial charge is 0.256 e. The Bertz CT molecular complexity index is 589. The van der Waals surface area contributed by atoms with Crippen molar-refractivity contribution in [3.8, 4) is 0 Å². The molecule has 0 aromatic heterocycles. The maximum atomic E-state index is 14.0. The van der Waals surface area contributed by atoms with Crippen molar-refractivity contribution >= 4 is 5.91 Å². The van der Waals surface area contributed by atoms with E-state index in [1.807, 2.05) is 4.90 Å². The van der Waals surface area contributed by atoms with Crippen molar-refractivity contribution in [3.05, 3.63) is 35.6 Å². The summed E-state index contributed by atoms with van der Waals surface area (Å²) < 4.78 is 19.5. The van der Waals surface area contributed by atoms with Gasteiger partial charge in [0.1, 0.15) is 5.82 Å². The number of carbonyl (C=O) groups is 1. The third-order valence-electron chi connectivity index (χ3n) is 5.88. The number of piperidine rings is 1. The van der Waals surface area contributed by atoms with Crippen LogP contribution in [0, 0.1) is 17.7 Å². The zero-order chi connectivity index (χ0) is 16.5. The number of hydrogen-bond donors (Lipinski definition) is 0. The standard InChI is InChI=1S/C19H25FN2O2/c20-17-7-2-1-6-16(17)19(23)22-12-14-4-3-5-15(13-22)18(14)21-8-10-24-11-9-21/h1-2,6-7,14-15,18H,3-5,8-13H2/t14-,15-/m0/s1. The van der Waals surface area contributed by atoms with Crippen molar-refractivity contribution in [2.45, 2.75) is 25.3 Å². The van der Waals surface area contributed by atoms with Crippen LogP contribution >= 0.6 is 0 Å². The van der Waals surface area contributed by atoms with Crippen molar-refractivity contribution in [3.63, 3.8) is 0 Å². The molecule has 2 heterocycles. The van der Waals surface area contributed by atoms with E-state index in [0.717, 1.165) is 39.4 Å². The number of rotatable bonds is 2. The molecular formula is C19H25FN2O2. The lowest BCUT2D eigenvalue weighted by molar-refractivity contribution is -0.0556. The van der Waals surface area contributed by atoms with Crippen LogP contribution in [0.4, 0.5) is 4.39 Å². The monoisotopic (exact) mass is 332 g/mol. The Morgan fingerprint density at radius 3 is 2.42 bits per heavy atom. The van der Waals surface area contributed by atoms with Crippen molar-refractivity contribution in [2.24, 2.45) is 11.8 Å². The molecule has 2 aliphatic heterocycles. The summed E-state index contributed by atoms with van der Waals surface area (Å²) in [6, 6.07) is 6.89. The molecule has 24 heavy (non-hydrogen) atoms. The lowest BCUT2D eigenvalue weighted by Crippen LogP contribution is -2.61. The van der Waals surface area contributed by atoms with Gasteiger partial charge in [0.2, 0.25) is 0 Å². The lowest BCUT2D eigenvalue weighted by atomic mass is 9.72. The van der Waals surface area contributed by atoms with Crippen molar-refractivity contribution in [1.29, 1.82) is 0 Å². The molecule has 2 bridgehead atoms. The number of likely N-dealkylation sites (tertiary alicyclic amines) is 1. The molecule has 0 radical (unpaired) electrons. The molecule has 0 spiro atoms. The number of carbonyl (C=O) groups excluding carboxylic acids is 1. The fourth-order valence-corrected chi connectivity index (χ4v) is 4.85. The van der Waals surface area contributed by atoms with Gasteiger partial charge in [-0.25, -0.2) is 4.39 Å². The van der Waals surface area contributed by atoms with Crippen LogP contribution in [0.1, 0.15) is 29.6 Å². The van der Waals surface area contributed by atoms with Gasteiger partial charge in [-0.1, -0.05) is 18.6 Å². The summed E-state index contributed by atoms with van der Waals surface area (Å²) >= 11 is 0. The second kappa shape index (κ2) is 6.81. The number of amides is 1. The van der Waals surface area contributed by atoms with Gasteiger partial charge in [0.15, 0.2) is 0 Å². The van der Waals surface area contributed by atoms with Crippen LogP contribution in [0.15, 0.2) is 24.3 Å². The van der Waals surface area contributed by atoms with Gasteiger partial charge in [0.25, 0.3) is 5.91 Å². The molecule has 1 aromatic carbocycles. The predicted molar refractivity (Wildman–Crippen MR) is 89.3 cm³/mol. The topological polar surface area (TPSA) is 32.8 Å². The van der Waals surface area contributed by atoms with E-state index in [-0.39, 0.29) is 11.5 Å². The van der Waals surface area contributed by atoms with Gasteiger partial charge in [-0.15, -0.1) is 0 Å². The Hall–Kier alpha value is -1.46. The summed E-state index contributed by atoms with van der Waals surface area (Å²) in [4.78, 5) is 17.3. The molecule has 130 valence electrons. The van der Waals surface area contributed by atoms with Gasteiger partial charge in [0, 0.05) is 32.2 Å². The van der Waals surface area contributed by atoms with Crippen LogP contribution < -0.4 is 0 Å². The second-order valence-corrected chi connectivity index (χ2v) is 7.28. The molecule has 1 aromatic rings. The maximum absolute atomic E-state index is 14.0. The van der Waals surface area contributed by atoms with E-state index in [0.29, 0.717) is 17.9 Å². The Morgan fingerprint density at radius 1 is 1.08 bits per heavy atom. The van der Waals surface area contributed by atoms with Crippen LogP contribution in [0.3, 0.4) is 0 Å². The quantitative estimate of drug-likeness (QED) is 0.834. The Morgan fingerprint density at radius 2 is 1.75 bits per heavy atom. The number of hydrogen-bond acceptors (Lipinski definition) is 3. The minimum absolute atomic E-state index is 0.148. The molecule has 4 nitrogen and oxygen atoms in total. The average molecular weight is 332 g/mol. The maximum Gasteiger partial charge on any atom is 0.256 e. The number of morpholine rings is 1. The van der Waals surface area contributed by atoms with E-state index >= 15 is 0 Å². The zero-order valence-electron chi connectivity index (χ0n) is 14.0. The van der Waals surface area contributed by atoms with Gasteiger partial charge < -0.3 is 9.64 Å². The molecule has 5 heteroatoms. The molecule has 3 aliphatic rings. The second-order valence-electron chi connectivity index (χ2n) is 7.28. The van der Waals surface area contributed by atoms with Crippen molar-refractivity contribution in [2.75, 3.05) is 39.4 Å². The van der Waals surface area contributed by atoms with Crippen molar-refractivity contribution < 1.29 is 13.9 Å². The first kappa shape index (κ1) is 16.0. The summed E-state index contributed by atoms with van der Waals surface area (Å²) in [5, 5.41) is 0. The Kier molecular flexibility index (Phi) is 4.55. The van der Waals surface area contributed by atoms with Crippen LogP contribution in [0.5, 0.6) is 0 Å². The predicted octanol–water partition coefficient (Wildman–Crippen LogP) is 2.40. The number of fused-ring (bicyclic) bond motifs is 2. The summed E-state index contributed by atoms with van der Waals surface area (Å²) in [5.74, 6) is 0.450. The fraction of sp³-hybridized carbons (Fsp3) is 0.632. The number of halogens is 1. The largest absolute Gasteiger partial charge is 0.379 e. The lowest BCUT2D eigenvalue weighted by Gasteiger charge is -2.52. The fourth-order valence-electron chi connectivity index (χ4n) is 4.85. The minimum atomic E-state index is -0.414. The van der Waals surface area contributed by atoms with Gasteiger partial charge in [-0.3, -0.25) is 9.69 Å². The van der Waals surface area contributed by atoms with Crippen LogP contribution in [0.2, 0.25) is 0 Å². The molecule has 0 unspecified atom stereocenters. The minimum Gasteiger partial charge on any atom is -0.379 e. The summed E-state index contributed by atoms with van der Waals surface area (Å²) in [6.07, 6.45) is 3.58. The van der Waals surface area contributed by atoms with E-state index in [9.17, 15) is 9.18 Å². The van der Waals surface area contributed by atoms with Gasteiger partial charge >= 0.3 is 0 Å².